The Hall–Kier alpha value is -0.860. The monoisotopic (exact) mass is 418 g/mol. The van der Waals surface area contributed by atoms with E-state index in [9.17, 15) is 0 Å². The van der Waals surface area contributed by atoms with E-state index in [0.717, 1.165) is 31.2 Å². The van der Waals surface area contributed by atoms with Crippen molar-refractivity contribution in [1.82, 2.24) is 14.9 Å². The molecule has 0 aliphatic carbocycles. The van der Waals surface area contributed by atoms with Crippen LogP contribution in [0.1, 0.15) is 11.4 Å². The highest BCUT2D eigenvalue weighted by molar-refractivity contribution is 9.11. The van der Waals surface area contributed by atoms with Gasteiger partial charge in [-0.2, -0.15) is 9.78 Å². The van der Waals surface area contributed by atoms with Crippen LogP contribution >= 0.6 is 43.6 Å². The third-order valence-electron chi connectivity index (χ3n) is 2.50. The van der Waals surface area contributed by atoms with Crippen LogP contribution in [0.5, 0.6) is 5.75 Å². The number of aromatic nitrogens is 3. The Morgan fingerprint density at radius 3 is 2.75 bits per heavy atom. The van der Waals surface area contributed by atoms with E-state index in [1.54, 1.807) is 18.0 Å². The summed E-state index contributed by atoms with van der Waals surface area (Å²) in [5.41, 5.74) is 0.855. The summed E-state index contributed by atoms with van der Waals surface area (Å²) in [7, 11) is 1.63. The van der Waals surface area contributed by atoms with Gasteiger partial charge in [-0.25, -0.2) is 0 Å². The Balaban J connectivity index is 2.43. The summed E-state index contributed by atoms with van der Waals surface area (Å²) in [6.45, 7) is 1.86. The fraction of sp³-hybridized carbons (Fsp3) is 0.250. The van der Waals surface area contributed by atoms with E-state index in [2.05, 4.69) is 47.2 Å². The average molecular weight is 420 g/mol. The predicted molar refractivity (Wildman–Crippen MR) is 87.9 cm³/mol. The van der Waals surface area contributed by atoms with Crippen molar-refractivity contribution in [2.24, 2.45) is 5.10 Å². The molecule has 20 heavy (non-hydrogen) atoms. The lowest BCUT2D eigenvalue weighted by Crippen LogP contribution is -1.98. The number of hydrogen-bond acceptors (Lipinski definition) is 5. The number of ether oxygens (including phenoxy) is 1. The van der Waals surface area contributed by atoms with Crippen molar-refractivity contribution in [2.75, 3.05) is 13.4 Å². The molecule has 0 fully saturated rings. The molecule has 8 heteroatoms. The summed E-state index contributed by atoms with van der Waals surface area (Å²) < 4.78 is 8.88. The molecule has 0 N–H and O–H groups in total. The molecule has 5 nitrogen and oxygen atoms in total. The van der Waals surface area contributed by atoms with Crippen LogP contribution in [0.2, 0.25) is 0 Å². The van der Waals surface area contributed by atoms with Gasteiger partial charge in [-0.15, -0.1) is 10.2 Å². The van der Waals surface area contributed by atoms with Gasteiger partial charge in [0.05, 0.1) is 17.8 Å². The summed E-state index contributed by atoms with van der Waals surface area (Å²) in [5, 5.41) is 13.2. The Kier molecular flexibility index (Phi) is 5.22. The molecular weight excluding hydrogens is 408 g/mol. The first-order valence-electron chi connectivity index (χ1n) is 5.60. The summed E-state index contributed by atoms with van der Waals surface area (Å²) in [4.78, 5) is 0. The van der Waals surface area contributed by atoms with Gasteiger partial charge in [-0.1, -0.05) is 27.7 Å². The van der Waals surface area contributed by atoms with Crippen molar-refractivity contribution in [3.05, 3.63) is 32.5 Å². The lowest BCUT2D eigenvalue weighted by Gasteiger charge is -2.08. The number of hydrogen-bond donors (Lipinski definition) is 0. The van der Waals surface area contributed by atoms with Crippen LogP contribution in [-0.2, 0) is 0 Å². The Labute approximate surface area is 138 Å². The maximum absolute atomic E-state index is 5.38. The molecule has 0 saturated carbocycles. The zero-order valence-electron chi connectivity index (χ0n) is 11.1. The number of aryl methyl sites for hydroxylation is 1. The van der Waals surface area contributed by atoms with Gasteiger partial charge >= 0.3 is 0 Å². The minimum absolute atomic E-state index is 0.730. The number of nitrogens with zero attached hydrogens (tertiary/aromatic N) is 4. The molecular formula is C12H12Br2N4OS. The molecule has 0 atom stereocenters. The zero-order chi connectivity index (χ0) is 14.7. The average Bonchev–Trinajstić information content (AvgIpc) is 2.76. The lowest BCUT2D eigenvalue weighted by molar-refractivity contribution is 0.411. The van der Waals surface area contributed by atoms with E-state index in [1.807, 2.05) is 25.3 Å². The van der Waals surface area contributed by atoms with Crippen molar-refractivity contribution in [3.8, 4) is 5.75 Å². The number of halogens is 2. The molecule has 1 aromatic heterocycles. The lowest BCUT2D eigenvalue weighted by atomic mass is 10.2. The maximum atomic E-state index is 5.38. The normalized spacial score (nSPS) is 11.2. The van der Waals surface area contributed by atoms with Crippen LogP contribution < -0.4 is 4.74 Å². The van der Waals surface area contributed by atoms with Crippen molar-refractivity contribution >= 4 is 49.8 Å². The highest BCUT2D eigenvalue weighted by Gasteiger charge is 2.09. The molecule has 0 unspecified atom stereocenters. The van der Waals surface area contributed by atoms with Crippen molar-refractivity contribution in [3.63, 3.8) is 0 Å². The minimum atomic E-state index is 0.730. The molecule has 2 aromatic rings. The largest absolute Gasteiger partial charge is 0.495 e. The van der Waals surface area contributed by atoms with Gasteiger partial charge in [0.15, 0.2) is 5.82 Å². The number of methoxy groups -OCH3 is 1. The predicted octanol–water partition coefficient (Wildman–Crippen LogP) is 3.72. The molecule has 0 amide bonds. The van der Waals surface area contributed by atoms with Gasteiger partial charge < -0.3 is 4.74 Å². The van der Waals surface area contributed by atoms with Crippen LogP contribution in [0.3, 0.4) is 0 Å². The Morgan fingerprint density at radius 2 is 2.10 bits per heavy atom. The van der Waals surface area contributed by atoms with Crippen LogP contribution in [0, 0.1) is 6.92 Å². The second-order valence-electron chi connectivity index (χ2n) is 3.80. The highest BCUT2D eigenvalue weighted by Crippen LogP contribution is 2.31. The first-order chi connectivity index (χ1) is 9.56. The molecule has 0 saturated heterocycles. The standard InChI is InChI=1S/C12H12Br2N4OS/c1-7-16-17-12(20-3)18(7)15-6-8-4-9(13)5-10(14)11(8)19-2/h4-6H,1-3H3/b15-6-. The van der Waals surface area contributed by atoms with Crippen LogP contribution in [0.15, 0.2) is 31.3 Å². The SMILES string of the molecule is COc1c(Br)cc(Br)cc1/C=N\n1c(C)nnc1SC. The van der Waals surface area contributed by atoms with Crippen molar-refractivity contribution in [2.45, 2.75) is 12.1 Å². The molecule has 1 aromatic carbocycles. The van der Waals surface area contributed by atoms with Gasteiger partial charge in [0, 0.05) is 10.0 Å². The molecule has 0 spiro atoms. The fourth-order valence-electron chi connectivity index (χ4n) is 1.61. The molecule has 2 rings (SSSR count). The Morgan fingerprint density at radius 1 is 1.35 bits per heavy atom. The number of benzene rings is 1. The number of rotatable bonds is 4. The third kappa shape index (κ3) is 3.24. The van der Waals surface area contributed by atoms with E-state index in [0.29, 0.717) is 0 Å². The quantitative estimate of drug-likeness (QED) is 0.559. The van der Waals surface area contributed by atoms with Crippen LogP contribution in [-0.4, -0.2) is 34.5 Å². The van der Waals surface area contributed by atoms with Gasteiger partial charge in [0.1, 0.15) is 5.75 Å². The van der Waals surface area contributed by atoms with E-state index >= 15 is 0 Å². The highest BCUT2D eigenvalue weighted by atomic mass is 79.9. The molecule has 1 heterocycles. The minimum Gasteiger partial charge on any atom is -0.495 e. The first kappa shape index (κ1) is 15.5. The summed E-state index contributed by atoms with van der Waals surface area (Å²) in [6, 6.07) is 3.86. The molecule has 0 radical (unpaired) electrons. The summed E-state index contributed by atoms with van der Waals surface area (Å²) in [6.07, 6.45) is 3.66. The van der Waals surface area contributed by atoms with Crippen molar-refractivity contribution in [1.29, 1.82) is 0 Å². The summed E-state index contributed by atoms with van der Waals surface area (Å²) >= 11 is 8.42. The summed E-state index contributed by atoms with van der Waals surface area (Å²) in [5.74, 6) is 1.46. The van der Waals surface area contributed by atoms with E-state index in [-0.39, 0.29) is 0 Å². The Bertz CT molecular complexity index is 657. The maximum Gasteiger partial charge on any atom is 0.211 e. The fourth-order valence-corrected chi connectivity index (χ4v) is 3.50. The molecule has 0 aliphatic rings. The van der Waals surface area contributed by atoms with Crippen LogP contribution in [0.25, 0.3) is 0 Å². The third-order valence-corrected chi connectivity index (χ3v) is 4.17. The van der Waals surface area contributed by atoms with E-state index in [4.69, 9.17) is 4.74 Å². The molecule has 0 aliphatic heterocycles. The zero-order valence-corrected chi connectivity index (χ0v) is 15.1. The van der Waals surface area contributed by atoms with Gasteiger partial charge in [0.2, 0.25) is 5.16 Å². The van der Waals surface area contributed by atoms with Gasteiger partial charge in [-0.05, 0) is 41.2 Å². The second kappa shape index (κ2) is 6.73. The number of thioether (sulfide) groups is 1. The molecule has 0 bridgehead atoms. The smallest absolute Gasteiger partial charge is 0.211 e. The van der Waals surface area contributed by atoms with E-state index in [1.165, 1.54) is 11.8 Å². The van der Waals surface area contributed by atoms with Gasteiger partial charge in [-0.3, -0.25) is 0 Å². The van der Waals surface area contributed by atoms with Gasteiger partial charge in [0.25, 0.3) is 0 Å². The second-order valence-corrected chi connectivity index (χ2v) is 6.34. The van der Waals surface area contributed by atoms with Crippen molar-refractivity contribution < 1.29 is 4.74 Å². The van der Waals surface area contributed by atoms with E-state index < -0.39 is 0 Å². The topological polar surface area (TPSA) is 52.3 Å². The van der Waals surface area contributed by atoms with Crippen LogP contribution in [0.4, 0.5) is 0 Å². The molecule has 106 valence electrons. The first-order valence-corrected chi connectivity index (χ1v) is 8.41.